The molecule has 504 valence electrons. The van der Waals surface area contributed by atoms with E-state index in [-0.39, 0.29) is 13.0 Å². The second kappa shape index (κ2) is 43.6. The van der Waals surface area contributed by atoms with Crippen LogP contribution in [0.25, 0.3) is 32.3 Å². The quantitative estimate of drug-likeness (QED) is 0.00860. The summed E-state index contributed by atoms with van der Waals surface area (Å²) in [6.07, 6.45) is 30.0. The zero-order valence-electron chi connectivity index (χ0n) is 53.6. The molecule has 20 heteroatoms. The van der Waals surface area contributed by atoms with Crippen molar-refractivity contribution < 1.29 is 75.3 Å². The Morgan fingerprint density at radius 1 is 0.618 bits per heavy atom. The molecule has 0 saturated carbocycles. The Bertz CT molecular complexity index is 2870. The van der Waals surface area contributed by atoms with Gasteiger partial charge in [0.25, 0.3) is 0 Å². The highest BCUT2D eigenvalue weighted by Gasteiger charge is 2.44. The van der Waals surface area contributed by atoms with Gasteiger partial charge in [-0.05, 0) is 84.9 Å². The molecule has 5 rings (SSSR count). The van der Waals surface area contributed by atoms with Gasteiger partial charge in [0.2, 0.25) is 15.9 Å². The molecule has 1 heterocycles. The lowest BCUT2D eigenvalue weighted by Gasteiger charge is -2.40. The summed E-state index contributed by atoms with van der Waals surface area (Å²) in [7, 11) is -8.36. The largest absolute Gasteiger partial charge is 0.448 e. The maximum atomic E-state index is 13.2. The molecule has 4 aromatic carbocycles. The van der Waals surface area contributed by atoms with Crippen molar-refractivity contribution in [2.45, 2.75) is 287 Å². The minimum Gasteiger partial charge on any atom is -0.394 e. The molecule has 1 amide bonds. The van der Waals surface area contributed by atoms with Crippen molar-refractivity contribution in [1.29, 1.82) is 0 Å². The van der Waals surface area contributed by atoms with Gasteiger partial charge in [0.15, 0.2) is 6.29 Å². The first kappa shape index (κ1) is 77.3. The molecule has 0 spiro atoms. The van der Waals surface area contributed by atoms with E-state index in [2.05, 4.69) is 59.3 Å². The normalized spacial score (nSPS) is 18.6. The minimum absolute atomic E-state index is 0.0374. The summed E-state index contributed by atoms with van der Waals surface area (Å²) in [5, 5.41) is 70.5. The van der Waals surface area contributed by atoms with Crippen LogP contribution in [0.15, 0.2) is 83.3 Å². The first-order chi connectivity index (χ1) is 42.8. The van der Waals surface area contributed by atoms with Gasteiger partial charge in [-0.2, -0.15) is 8.42 Å². The molecule has 1 fully saturated rings. The third-order valence-electron chi connectivity index (χ3n) is 16.8. The van der Waals surface area contributed by atoms with Gasteiger partial charge in [-0.25, -0.2) is 13.1 Å². The highest BCUT2D eigenvalue weighted by Crippen LogP contribution is 2.37. The second-order valence-corrected chi connectivity index (χ2v) is 27.1. The van der Waals surface area contributed by atoms with E-state index in [1.807, 2.05) is 36.4 Å². The second-order valence-electron chi connectivity index (χ2n) is 24.4. The van der Waals surface area contributed by atoms with Crippen LogP contribution in [0.1, 0.15) is 233 Å². The SMILES string of the molecule is CCCCCCCCCCCCCC[C@@H](O)C(=O)N[C@@H](CO[C@@H]1O[C@H](CO)[C@@H](O)[C@H](O)[C@H]1O)[C@H](O)/C=C/CC/C=C(\C)CCCCCCCCC.O=C(CCCCCCCCCCCNS(=O)(=O)c1ccc2ccc3cccc4ccc1c2c34)OS(=O)(=O)O. The molecule has 4 aromatic rings. The zero-order valence-corrected chi connectivity index (χ0v) is 55.3. The molecule has 1 aliphatic rings. The molecule has 1 aliphatic heterocycles. The number of aliphatic hydroxyl groups is 6. The number of amides is 1. The Morgan fingerprint density at radius 2 is 1.12 bits per heavy atom. The van der Waals surface area contributed by atoms with Crippen LogP contribution in [-0.4, -0.2) is 133 Å². The van der Waals surface area contributed by atoms with E-state index < -0.39 is 87.9 Å². The number of ether oxygens (including phenoxy) is 2. The van der Waals surface area contributed by atoms with Gasteiger partial charge in [-0.15, -0.1) is 0 Å². The fourth-order valence-corrected chi connectivity index (χ4v) is 13.1. The molecule has 1 saturated heterocycles. The Morgan fingerprint density at radius 3 is 1.69 bits per heavy atom. The van der Waals surface area contributed by atoms with E-state index in [0.717, 1.165) is 116 Å². The molecule has 0 aliphatic carbocycles. The first-order valence-electron chi connectivity index (χ1n) is 33.6. The maximum Gasteiger partial charge on any atom is 0.448 e. The van der Waals surface area contributed by atoms with Gasteiger partial charge < -0.3 is 49.6 Å². The highest BCUT2D eigenvalue weighted by atomic mass is 32.3. The van der Waals surface area contributed by atoms with Crippen molar-refractivity contribution in [1.82, 2.24) is 10.0 Å². The molecular formula is C69H110N2O16S2. The smallest absolute Gasteiger partial charge is 0.394 e. The van der Waals surface area contributed by atoms with Gasteiger partial charge in [0, 0.05) is 18.4 Å². The van der Waals surface area contributed by atoms with Crippen LogP contribution in [0.4, 0.5) is 0 Å². The number of allylic oxidation sites excluding steroid dienone is 3. The molecule has 89 heavy (non-hydrogen) atoms. The monoisotopic (exact) mass is 1290 g/mol. The molecule has 0 unspecified atom stereocenters. The topological polar surface area (TPSA) is 296 Å². The number of hydrogen-bond acceptors (Lipinski definition) is 15. The van der Waals surface area contributed by atoms with Gasteiger partial charge in [0.1, 0.15) is 30.5 Å². The van der Waals surface area contributed by atoms with Gasteiger partial charge in [-0.3, -0.25) is 14.1 Å². The van der Waals surface area contributed by atoms with Gasteiger partial charge >= 0.3 is 16.4 Å². The zero-order chi connectivity index (χ0) is 64.9. The van der Waals surface area contributed by atoms with E-state index in [9.17, 15) is 57.1 Å². The number of carbonyl (C=O) groups excluding carboxylic acids is 2. The Balaban J connectivity index is 0.000000395. The molecule has 9 N–H and O–H groups in total. The van der Waals surface area contributed by atoms with E-state index in [1.54, 1.807) is 12.1 Å². The lowest BCUT2D eigenvalue weighted by Crippen LogP contribution is -2.60. The lowest BCUT2D eigenvalue weighted by molar-refractivity contribution is -0.302. The van der Waals surface area contributed by atoms with Gasteiger partial charge in [-0.1, -0.05) is 247 Å². The number of aliphatic hydroxyl groups excluding tert-OH is 6. The van der Waals surface area contributed by atoms with E-state index in [0.29, 0.717) is 37.1 Å². The van der Waals surface area contributed by atoms with Gasteiger partial charge in [0.05, 0.1) is 30.3 Å². The van der Waals surface area contributed by atoms with Crippen LogP contribution < -0.4 is 10.0 Å². The first-order valence-corrected chi connectivity index (χ1v) is 36.4. The third kappa shape index (κ3) is 29.6. The molecular weight excluding hydrogens is 1180 g/mol. The Hall–Kier alpha value is -4.16. The summed E-state index contributed by atoms with van der Waals surface area (Å²) in [6.45, 7) is 6.09. The van der Waals surface area contributed by atoms with Crippen molar-refractivity contribution in [2.75, 3.05) is 19.8 Å². The van der Waals surface area contributed by atoms with Crippen LogP contribution in [-0.2, 0) is 43.7 Å². The summed E-state index contributed by atoms with van der Waals surface area (Å²) < 4.78 is 73.4. The van der Waals surface area contributed by atoms with Crippen molar-refractivity contribution in [2.24, 2.45) is 0 Å². The summed E-state index contributed by atoms with van der Waals surface area (Å²) in [4.78, 5) is 24.5. The fraction of sp³-hybridized carbons (Fsp3) is 0.681. The predicted molar refractivity (Wildman–Crippen MR) is 353 cm³/mol. The summed E-state index contributed by atoms with van der Waals surface area (Å²) in [5.41, 5.74) is 1.36. The predicted octanol–water partition coefficient (Wildman–Crippen LogP) is 12.6. The standard InChI is InChI=1S/C41H77NO9.C28H33NO7S2/c1-4-6-8-10-12-13-14-15-16-18-20-24-29-35(45)40(49)42-33(31-50-41-39(48)38(47)37(46)36(30-43)51-41)34(44)28-25-21-23-27-32(3)26-22-19-17-11-9-7-5-2;30-26(36-38(33,34)35)13-8-6-4-2-1-3-5-7-9-20-29-37(31,32)25-19-17-23-15-14-21-11-10-12-22-16-18-24(25)28(23)27(21)22/h25,27-28,33-39,41,43-48H,4-24,26,29-31H2,1-3H3,(H,42,49);10-12,14-19,29H,1-9,13,20H2,(H,33,34,35)/b28-25+,32-27+;/t33-,34+,35+,36+,37+,38-,39+,41+;/m0./s1. The fourth-order valence-electron chi connectivity index (χ4n) is 11.5. The Labute approximate surface area is 532 Å². The number of sulfonamides is 1. The molecule has 0 aromatic heterocycles. The maximum absolute atomic E-state index is 13.2. The molecule has 18 nitrogen and oxygen atoms in total. The van der Waals surface area contributed by atoms with Crippen LogP contribution in [0.5, 0.6) is 0 Å². The number of rotatable bonds is 47. The summed E-state index contributed by atoms with van der Waals surface area (Å²) in [5.74, 6) is -1.57. The molecule has 0 bridgehead atoms. The number of hydrogen-bond donors (Lipinski definition) is 9. The van der Waals surface area contributed by atoms with Crippen LogP contribution in [0, 0.1) is 0 Å². The molecule has 8 atom stereocenters. The van der Waals surface area contributed by atoms with Crippen molar-refractivity contribution in [3.63, 3.8) is 0 Å². The van der Waals surface area contributed by atoms with E-state index in [4.69, 9.17) is 14.0 Å². The van der Waals surface area contributed by atoms with Crippen molar-refractivity contribution in [3.05, 3.63) is 78.4 Å². The lowest BCUT2D eigenvalue weighted by atomic mass is 9.94. The summed E-state index contributed by atoms with van der Waals surface area (Å²) in [6, 6.07) is 16.7. The highest BCUT2D eigenvalue weighted by molar-refractivity contribution is 7.89. The van der Waals surface area contributed by atoms with E-state index >= 15 is 0 Å². The summed E-state index contributed by atoms with van der Waals surface area (Å²) >= 11 is 0. The average molecular weight is 1290 g/mol. The number of benzene rings is 4. The Kier molecular flexibility index (Phi) is 37.9. The van der Waals surface area contributed by atoms with E-state index in [1.165, 1.54) is 102 Å². The van der Waals surface area contributed by atoms with Crippen molar-refractivity contribution >= 4 is 64.6 Å². The van der Waals surface area contributed by atoms with Crippen LogP contribution in [0.3, 0.4) is 0 Å². The number of carbonyl (C=O) groups is 2. The minimum atomic E-state index is -4.72. The van der Waals surface area contributed by atoms with Crippen molar-refractivity contribution in [3.8, 4) is 0 Å². The average Bonchev–Trinajstić information content (AvgIpc) is 0.867. The van der Waals surface area contributed by atoms with Crippen LogP contribution >= 0.6 is 0 Å². The number of unbranched alkanes of at least 4 members (excludes halogenated alkanes) is 26. The number of nitrogens with one attached hydrogen (secondary N) is 2. The third-order valence-corrected chi connectivity index (χ3v) is 18.7. The molecule has 0 radical (unpaired) electrons. The van der Waals surface area contributed by atoms with Crippen LogP contribution in [0.2, 0.25) is 0 Å².